The molecule has 0 heterocycles. The highest BCUT2D eigenvalue weighted by Gasteiger charge is 2.05. The van der Waals surface area contributed by atoms with Crippen molar-refractivity contribution in [3.05, 3.63) is 11.6 Å². The first-order valence-corrected chi connectivity index (χ1v) is 4.72. The van der Waals surface area contributed by atoms with Gasteiger partial charge in [-0.15, -0.1) is 0 Å². The molecule has 76 valence electrons. The Morgan fingerprint density at radius 1 is 1.38 bits per heavy atom. The van der Waals surface area contributed by atoms with Crippen LogP contribution in [0.15, 0.2) is 11.6 Å². The Balaban J connectivity index is 3.56. The van der Waals surface area contributed by atoms with E-state index in [0.29, 0.717) is 12.2 Å². The predicted octanol–water partition coefficient (Wildman–Crippen LogP) is 2.62. The SMILES string of the molecule is CCC=C(C)C(=O)OOCCCC. The van der Waals surface area contributed by atoms with Gasteiger partial charge in [-0.2, -0.15) is 4.89 Å². The summed E-state index contributed by atoms with van der Waals surface area (Å²) in [6.45, 7) is 6.21. The fourth-order valence-corrected chi connectivity index (χ4v) is 0.754. The second kappa shape index (κ2) is 7.80. The van der Waals surface area contributed by atoms with Gasteiger partial charge in [-0.25, -0.2) is 4.79 Å². The molecule has 0 saturated carbocycles. The Bertz CT molecular complexity index is 173. The molecule has 0 amide bonds. The van der Waals surface area contributed by atoms with Gasteiger partial charge in [0.25, 0.3) is 0 Å². The molecular formula is C10H18O3. The summed E-state index contributed by atoms with van der Waals surface area (Å²) in [5.74, 6) is -0.391. The van der Waals surface area contributed by atoms with Gasteiger partial charge in [0.1, 0.15) is 0 Å². The minimum Gasteiger partial charge on any atom is -0.293 e. The summed E-state index contributed by atoms with van der Waals surface area (Å²) in [7, 11) is 0. The van der Waals surface area contributed by atoms with Crippen LogP contribution < -0.4 is 0 Å². The fourth-order valence-electron chi connectivity index (χ4n) is 0.754. The second-order valence-electron chi connectivity index (χ2n) is 2.84. The van der Waals surface area contributed by atoms with E-state index in [0.717, 1.165) is 19.3 Å². The van der Waals surface area contributed by atoms with Gasteiger partial charge in [0.15, 0.2) is 0 Å². The monoisotopic (exact) mass is 186 g/mol. The van der Waals surface area contributed by atoms with Crippen molar-refractivity contribution in [1.29, 1.82) is 0 Å². The zero-order valence-electron chi connectivity index (χ0n) is 8.63. The average molecular weight is 186 g/mol. The summed E-state index contributed by atoms with van der Waals surface area (Å²) in [6.07, 6.45) is 4.58. The van der Waals surface area contributed by atoms with E-state index < -0.39 is 5.97 Å². The number of carbonyl (C=O) groups is 1. The molecule has 3 heteroatoms. The summed E-state index contributed by atoms with van der Waals surface area (Å²) in [4.78, 5) is 20.3. The Morgan fingerprint density at radius 2 is 2.08 bits per heavy atom. The molecule has 0 saturated heterocycles. The highest BCUT2D eigenvalue weighted by molar-refractivity contribution is 5.87. The molecule has 0 radical (unpaired) electrons. The van der Waals surface area contributed by atoms with Crippen molar-refractivity contribution >= 4 is 5.97 Å². The van der Waals surface area contributed by atoms with Gasteiger partial charge in [-0.3, -0.25) is 4.89 Å². The van der Waals surface area contributed by atoms with Crippen LogP contribution in [0.1, 0.15) is 40.0 Å². The molecule has 0 N–H and O–H groups in total. The van der Waals surface area contributed by atoms with Crippen molar-refractivity contribution in [2.45, 2.75) is 40.0 Å². The van der Waals surface area contributed by atoms with Crippen LogP contribution in [0.5, 0.6) is 0 Å². The molecule has 0 rings (SSSR count). The van der Waals surface area contributed by atoms with Crippen molar-refractivity contribution in [2.24, 2.45) is 0 Å². The molecule has 0 aliphatic rings. The molecule has 0 atom stereocenters. The average Bonchev–Trinajstić information content (AvgIpc) is 2.12. The van der Waals surface area contributed by atoms with Gasteiger partial charge in [-0.05, 0) is 19.8 Å². The number of hydrogen-bond acceptors (Lipinski definition) is 3. The standard InChI is InChI=1S/C10H18O3/c1-4-6-8-12-13-10(11)9(3)7-5-2/h7H,4-6,8H2,1-3H3. The fraction of sp³-hybridized carbons (Fsp3) is 0.700. The third-order valence-corrected chi connectivity index (χ3v) is 1.55. The summed E-state index contributed by atoms with van der Waals surface area (Å²) < 4.78 is 0. The van der Waals surface area contributed by atoms with Gasteiger partial charge in [0.05, 0.1) is 6.61 Å². The maximum Gasteiger partial charge on any atom is 0.368 e. The number of hydrogen-bond donors (Lipinski definition) is 0. The molecule has 0 aromatic rings. The Hall–Kier alpha value is -0.830. The van der Waals surface area contributed by atoms with Crippen molar-refractivity contribution in [1.82, 2.24) is 0 Å². The maximum atomic E-state index is 11.1. The lowest BCUT2D eigenvalue weighted by Gasteiger charge is -2.02. The number of carbonyl (C=O) groups excluding carboxylic acids is 1. The molecule has 0 unspecified atom stereocenters. The zero-order chi connectivity index (χ0) is 10.1. The third-order valence-electron chi connectivity index (χ3n) is 1.55. The Labute approximate surface area is 79.7 Å². The zero-order valence-corrected chi connectivity index (χ0v) is 8.63. The lowest BCUT2D eigenvalue weighted by atomic mass is 10.2. The van der Waals surface area contributed by atoms with Crippen LogP contribution in [-0.4, -0.2) is 12.6 Å². The van der Waals surface area contributed by atoms with E-state index >= 15 is 0 Å². The summed E-state index contributed by atoms with van der Waals surface area (Å²) in [5, 5.41) is 0. The van der Waals surface area contributed by atoms with Crippen molar-refractivity contribution in [3.8, 4) is 0 Å². The number of rotatable bonds is 6. The quantitative estimate of drug-likeness (QED) is 0.277. The van der Waals surface area contributed by atoms with Gasteiger partial charge in [0, 0.05) is 5.57 Å². The van der Waals surface area contributed by atoms with Crippen LogP contribution in [0.3, 0.4) is 0 Å². The first-order valence-electron chi connectivity index (χ1n) is 4.72. The highest BCUT2D eigenvalue weighted by Crippen LogP contribution is 1.99. The summed E-state index contributed by atoms with van der Waals surface area (Å²) in [5.41, 5.74) is 0.596. The van der Waals surface area contributed by atoms with Crippen molar-refractivity contribution < 1.29 is 14.6 Å². The van der Waals surface area contributed by atoms with Crippen LogP contribution >= 0.6 is 0 Å². The van der Waals surface area contributed by atoms with Gasteiger partial charge >= 0.3 is 5.97 Å². The first kappa shape index (κ1) is 12.2. The van der Waals surface area contributed by atoms with Gasteiger partial charge in [-0.1, -0.05) is 26.3 Å². The summed E-state index contributed by atoms with van der Waals surface area (Å²) >= 11 is 0. The molecule has 0 bridgehead atoms. The Kier molecular flexibility index (Phi) is 7.30. The molecule has 0 aromatic heterocycles. The molecule has 13 heavy (non-hydrogen) atoms. The molecular weight excluding hydrogens is 168 g/mol. The lowest BCUT2D eigenvalue weighted by Crippen LogP contribution is -2.07. The summed E-state index contributed by atoms with van der Waals surface area (Å²) in [6, 6.07) is 0. The largest absolute Gasteiger partial charge is 0.368 e. The van der Waals surface area contributed by atoms with Crippen LogP contribution in [-0.2, 0) is 14.6 Å². The molecule has 0 aromatic carbocycles. The van der Waals surface area contributed by atoms with Crippen LogP contribution in [0.2, 0.25) is 0 Å². The molecule has 0 aliphatic heterocycles. The minimum absolute atomic E-state index is 0.391. The van der Waals surface area contributed by atoms with Crippen LogP contribution in [0, 0.1) is 0 Å². The van der Waals surface area contributed by atoms with Crippen LogP contribution in [0.25, 0.3) is 0 Å². The van der Waals surface area contributed by atoms with E-state index in [1.165, 1.54) is 0 Å². The van der Waals surface area contributed by atoms with E-state index in [4.69, 9.17) is 4.89 Å². The maximum absolute atomic E-state index is 11.1. The number of allylic oxidation sites excluding steroid dienone is 1. The smallest absolute Gasteiger partial charge is 0.293 e. The van der Waals surface area contributed by atoms with Gasteiger partial charge < -0.3 is 0 Å². The highest BCUT2D eigenvalue weighted by atomic mass is 17.2. The molecule has 0 spiro atoms. The van der Waals surface area contributed by atoms with Gasteiger partial charge in [0.2, 0.25) is 0 Å². The third kappa shape index (κ3) is 6.34. The van der Waals surface area contributed by atoms with Crippen molar-refractivity contribution in [3.63, 3.8) is 0 Å². The van der Waals surface area contributed by atoms with Crippen molar-refractivity contribution in [2.75, 3.05) is 6.61 Å². The topological polar surface area (TPSA) is 35.5 Å². The molecule has 0 aliphatic carbocycles. The lowest BCUT2D eigenvalue weighted by molar-refractivity contribution is -0.268. The molecule has 3 nitrogen and oxygen atoms in total. The second-order valence-corrected chi connectivity index (χ2v) is 2.84. The first-order chi connectivity index (χ1) is 6.22. The van der Waals surface area contributed by atoms with E-state index in [1.807, 2.05) is 19.9 Å². The van der Waals surface area contributed by atoms with E-state index in [9.17, 15) is 4.79 Å². The normalized spacial score (nSPS) is 11.5. The molecule has 0 fully saturated rings. The predicted molar refractivity (Wildman–Crippen MR) is 51.0 cm³/mol. The minimum atomic E-state index is -0.391. The van der Waals surface area contributed by atoms with E-state index in [-0.39, 0.29) is 0 Å². The Morgan fingerprint density at radius 3 is 2.62 bits per heavy atom. The van der Waals surface area contributed by atoms with E-state index in [1.54, 1.807) is 6.92 Å². The van der Waals surface area contributed by atoms with E-state index in [2.05, 4.69) is 4.89 Å². The number of unbranched alkanes of at least 4 members (excludes halogenated alkanes) is 1. The van der Waals surface area contributed by atoms with Crippen LogP contribution in [0.4, 0.5) is 0 Å².